The molecule has 0 radical (unpaired) electrons. The van der Waals surface area contributed by atoms with Gasteiger partial charge in [-0.2, -0.15) is 0 Å². The summed E-state index contributed by atoms with van der Waals surface area (Å²) in [5, 5.41) is 13.5. The molecule has 25 heavy (non-hydrogen) atoms. The molecule has 0 atom stereocenters. The first-order chi connectivity index (χ1) is 11.9. The second kappa shape index (κ2) is 6.52. The predicted molar refractivity (Wildman–Crippen MR) is 94.2 cm³/mol. The number of benzene rings is 2. The van der Waals surface area contributed by atoms with E-state index in [-0.39, 0.29) is 22.2 Å². The first kappa shape index (κ1) is 16.9. The van der Waals surface area contributed by atoms with Gasteiger partial charge >= 0.3 is 0 Å². The Bertz CT molecular complexity index is 897. The van der Waals surface area contributed by atoms with E-state index in [2.05, 4.69) is 5.32 Å². The number of fused-ring (bicyclic) bond motifs is 1. The molecule has 1 N–H and O–H groups in total. The van der Waals surface area contributed by atoms with Gasteiger partial charge in [-0.25, -0.2) is 0 Å². The van der Waals surface area contributed by atoms with Crippen LogP contribution < -0.4 is 10.2 Å². The number of nitrogens with zero attached hydrogens (tertiary/aromatic N) is 2. The van der Waals surface area contributed by atoms with Gasteiger partial charge in [0.2, 0.25) is 5.91 Å². The molecule has 2 amide bonds. The van der Waals surface area contributed by atoms with Gasteiger partial charge < -0.3 is 10.2 Å². The van der Waals surface area contributed by atoms with Gasteiger partial charge in [-0.1, -0.05) is 11.6 Å². The van der Waals surface area contributed by atoms with Gasteiger partial charge in [-0.15, -0.1) is 0 Å². The van der Waals surface area contributed by atoms with E-state index in [1.54, 1.807) is 24.1 Å². The van der Waals surface area contributed by atoms with Gasteiger partial charge in [0, 0.05) is 37.0 Å². The minimum Gasteiger partial charge on any atom is -0.322 e. The molecule has 0 spiro atoms. The zero-order valence-electron chi connectivity index (χ0n) is 13.3. The fraction of sp³-hybridized carbons (Fsp3) is 0.176. The lowest BCUT2D eigenvalue weighted by Crippen LogP contribution is -2.31. The van der Waals surface area contributed by atoms with Gasteiger partial charge in [0.05, 0.1) is 15.5 Å². The molecule has 1 heterocycles. The molecule has 2 aromatic rings. The fourth-order valence-electron chi connectivity index (χ4n) is 2.73. The minimum atomic E-state index is -0.575. The number of carbonyl (C=O) groups is 2. The van der Waals surface area contributed by atoms with Crippen LogP contribution in [-0.4, -0.2) is 23.8 Å². The maximum atomic E-state index is 12.4. The fourth-order valence-corrected chi connectivity index (χ4v) is 3.00. The van der Waals surface area contributed by atoms with Crippen molar-refractivity contribution in [3.05, 3.63) is 62.7 Å². The zero-order chi connectivity index (χ0) is 18.1. The SMILES string of the molecule is CN1C(=O)CCc2cc(NC(=O)c3ccc([N+](=O)[O-])cc3Cl)ccc21. The number of carbonyl (C=O) groups excluding carboxylic acids is 2. The highest BCUT2D eigenvalue weighted by Crippen LogP contribution is 2.30. The van der Waals surface area contributed by atoms with Crippen molar-refractivity contribution in [1.82, 2.24) is 0 Å². The van der Waals surface area contributed by atoms with Gasteiger partial charge in [0.25, 0.3) is 11.6 Å². The third-order valence-electron chi connectivity index (χ3n) is 4.09. The molecule has 1 aliphatic heterocycles. The Hall–Kier alpha value is -2.93. The van der Waals surface area contributed by atoms with Crippen LogP contribution in [0, 0.1) is 10.1 Å². The number of aryl methyl sites for hydroxylation is 1. The van der Waals surface area contributed by atoms with Crippen LogP contribution in [0.5, 0.6) is 0 Å². The highest BCUT2D eigenvalue weighted by molar-refractivity contribution is 6.34. The van der Waals surface area contributed by atoms with Crippen LogP contribution in [0.25, 0.3) is 0 Å². The van der Waals surface area contributed by atoms with Crippen molar-refractivity contribution in [3.8, 4) is 0 Å². The van der Waals surface area contributed by atoms with Crippen molar-refractivity contribution in [2.75, 3.05) is 17.3 Å². The van der Waals surface area contributed by atoms with E-state index in [1.165, 1.54) is 12.1 Å². The number of amides is 2. The topological polar surface area (TPSA) is 92.6 Å². The Morgan fingerprint density at radius 1 is 1.24 bits per heavy atom. The number of anilines is 2. The Morgan fingerprint density at radius 3 is 2.68 bits per heavy atom. The van der Waals surface area contributed by atoms with Gasteiger partial charge in [0.15, 0.2) is 0 Å². The number of nitrogens with one attached hydrogen (secondary N) is 1. The Kier molecular flexibility index (Phi) is 4.41. The Balaban J connectivity index is 1.82. The van der Waals surface area contributed by atoms with Crippen molar-refractivity contribution in [1.29, 1.82) is 0 Å². The number of hydrogen-bond donors (Lipinski definition) is 1. The number of nitro groups is 1. The molecule has 0 unspecified atom stereocenters. The molecular weight excluding hydrogens is 346 g/mol. The van der Waals surface area contributed by atoms with Gasteiger partial charge in [-0.05, 0) is 36.2 Å². The minimum absolute atomic E-state index is 0.00925. The van der Waals surface area contributed by atoms with Gasteiger partial charge in [0.1, 0.15) is 0 Å². The lowest BCUT2D eigenvalue weighted by molar-refractivity contribution is -0.384. The summed E-state index contributed by atoms with van der Waals surface area (Å²) in [7, 11) is 1.72. The molecule has 2 aromatic carbocycles. The van der Waals surface area contributed by atoms with E-state index < -0.39 is 10.8 Å². The van der Waals surface area contributed by atoms with E-state index in [4.69, 9.17) is 11.6 Å². The van der Waals surface area contributed by atoms with Crippen LogP contribution in [0.15, 0.2) is 36.4 Å². The second-order valence-corrected chi connectivity index (χ2v) is 6.08. The number of nitro benzene ring substituents is 1. The van der Waals surface area contributed by atoms with Crippen LogP contribution in [-0.2, 0) is 11.2 Å². The summed E-state index contributed by atoms with van der Waals surface area (Å²) in [6.45, 7) is 0. The van der Waals surface area contributed by atoms with Crippen LogP contribution in [0.2, 0.25) is 5.02 Å². The van der Waals surface area contributed by atoms with Crippen molar-refractivity contribution < 1.29 is 14.5 Å². The summed E-state index contributed by atoms with van der Waals surface area (Å²) < 4.78 is 0. The summed E-state index contributed by atoms with van der Waals surface area (Å²) in [5.41, 5.74) is 2.33. The molecule has 0 aliphatic carbocycles. The summed E-state index contributed by atoms with van der Waals surface area (Å²) in [6, 6.07) is 8.98. The number of halogens is 1. The largest absolute Gasteiger partial charge is 0.322 e. The molecule has 128 valence electrons. The Morgan fingerprint density at radius 2 is 2.00 bits per heavy atom. The van der Waals surface area contributed by atoms with E-state index in [1.807, 2.05) is 6.07 Å². The highest BCUT2D eigenvalue weighted by atomic mass is 35.5. The maximum absolute atomic E-state index is 12.4. The first-order valence-electron chi connectivity index (χ1n) is 7.51. The molecule has 3 rings (SSSR count). The molecular formula is C17H14ClN3O4. The molecule has 0 bridgehead atoms. The van der Waals surface area contributed by atoms with E-state index >= 15 is 0 Å². The maximum Gasteiger partial charge on any atom is 0.270 e. The number of hydrogen-bond acceptors (Lipinski definition) is 4. The summed E-state index contributed by atoms with van der Waals surface area (Å²) in [6.07, 6.45) is 1.04. The van der Waals surface area contributed by atoms with E-state index in [0.717, 1.165) is 17.3 Å². The third kappa shape index (κ3) is 3.32. The van der Waals surface area contributed by atoms with Crippen molar-refractivity contribution in [2.24, 2.45) is 0 Å². The van der Waals surface area contributed by atoms with Gasteiger partial charge in [-0.3, -0.25) is 19.7 Å². The molecule has 0 fully saturated rings. The Labute approximate surface area is 148 Å². The second-order valence-electron chi connectivity index (χ2n) is 5.67. The molecule has 0 aromatic heterocycles. The average molecular weight is 360 g/mol. The summed E-state index contributed by atoms with van der Waals surface area (Å²) in [4.78, 5) is 35.8. The molecule has 0 saturated carbocycles. The molecule has 0 saturated heterocycles. The standard InChI is InChI=1S/C17H14ClN3O4/c1-20-15-6-3-11(8-10(15)2-7-16(20)22)19-17(23)13-5-4-12(21(24)25)9-14(13)18/h3-6,8-9H,2,7H2,1H3,(H,19,23). The summed E-state index contributed by atoms with van der Waals surface area (Å²) in [5.74, 6) is -0.401. The lowest BCUT2D eigenvalue weighted by Gasteiger charge is -2.26. The summed E-state index contributed by atoms with van der Waals surface area (Å²) >= 11 is 5.98. The third-order valence-corrected chi connectivity index (χ3v) is 4.40. The lowest BCUT2D eigenvalue weighted by atomic mass is 10.0. The van der Waals surface area contributed by atoms with Crippen LogP contribution in [0.3, 0.4) is 0 Å². The molecule has 7 nitrogen and oxygen atoms in total. The van der Waals surface area contributed by atoms with E-state index in [0.29, 0.717) is 18.5 Å². The van der Waals surface area contributed by atoms with Crippen molar-refractivity contribution in [3.63, 3.8) is 0 Å². The van der Waals surface area contributed by atoms with E-state index in [9.17, 15) is 19.7 Å². The zero-order valence-corrected chi connectivity index (χ0v) is 14.0. The predicted octanol–water partition coefficient (Wildman–Crippen LogP) is 3.41. The van der Waals surface area contributed by atoms with Crippen LogP contribution in [0.1, 0.15) is 22.3 Å². The normalized spacial score (nSPS) is 13.4. The first-order valence-corrected chi connectivity index (χ1v) is 7.89. The van der Waals surface area contributed by atoms with Crippen molar-refractivity contribution >= 4 is 40.5 Å². The average Bonchev–Trinajstić information content (AvgIpc) is 2.58. The smallest absolute Gasteiger partial charge is 0.270 e. The van der Waals surface area contributed by atoms with Crippen LogP contribution in [0.4, 0.5) is 17.1 Å². The quantitative estimate of drug-likeness (QED) is 0.671. The van der Waals surface area contributed by atoms with Crippen LogP contribution >= 0.6 is 11.6 Å². The number of rotatable bonds is 3. The molecule has 8 heteroatoms. The monoisotopic (exact) mass is 359 g/mol. The highest BCUT2D eigenvalue weighted by Gasteiger charge is 2.21. The molecule has 1 aliphatic rings. The van der Waals surface area contributed by atoms with Crippen molar-refractivity contribution in [2.45, 2.75) is 12.8 Å². The number of non-ortho nitro benzene ring substituents is 1.